The summed E-state index contributed by atoms with van der Waals surface area (Å²) in [6.07, 6.45) is 3.55. The fraction of sp³-hybridized carbons (Fsp3) is 0.591. The largest absolute Gasteiger partial charge is 0.381 e. The Morgan fingerprint density at radius 3 is 2.63 bits per heavy atom. The zero-order chi connectivity index (χ0) is 20.7. The first-order chi connectivity index (χ1) is 14.6. The van der Waals surface area contributed by atoms with E-state index >= 15 is 0 Å². The predicted molar refractivity (Wildman–Crippen MR) is 114 cm³/mol. The molecule has 3 aliphatic heterocycles. The first-order valence-corrected chi connectivity index (χ1v) is 11.3. The molecule has 3 aliphatic rings. The quantitative estimate of drug-likeness (QED) is 0.734. The number of nitrogens with zero attached hydrogens (tertiary/aromatic N) is 5. The van der Waals surface area contributed by atoms with Crippen molar-refractivity contribution in [2.45, 2.75) is 44.7 Å². The Bertz CT molecular complexity index is 932. The van der Waals surface area contributed by atoms with Gasteiger partial charge < -0.3 is 9.64 Å². The average molecular weight is 430 g/mol. The van der Waals surface area contributed by atoms with Crippen molar-refractivity contribution < 1.29 is 9.53 Å². The van der Waals surface area contributed by atoms with E-state index in [1.807, 2.05) is 17.0 Å². The molecular formula is C22H28ClN5O2. The molecule has 0 bridgehead atoms. The van der Waals surface area contributed by atoms with Gasteiger partial charge in [-0.3, -0.25) is 14.3 Å². The Labute approximate surface area is 182 Å². The van der Waals surface area contributed by atoms with Crippen molar-refractivity contribution in [3.63, 3.8) is 0 Å². The van der Waals surface area contributed by atoms with Crippen molar-refractivity contribution in [2.24, 2.45) is 5.92 Å². The molecule has 2 fully saturated rings. The monoisotopic (exact) mass is 429 g/mol. The van der Waals surface area contributed by atoms with E-state index in [0.29, 0.717) is 25.0 Å². The molecular weight excluding hydrogens is 402 g/mol. The number of fused-ring (bicyclic) bond motifs is 3. The van der Waals surface area contributed by atoms with E-state index in [1.54, 1.807) is 0 Å². The van der Waals surface area contributed by atoms with Gasteiger partial charge in [0.1, 0.15) is 5.82 Å². The lowest BCUT2D eigenvalue weighted by Crippen LogP contribution is -2.43. The molecule has 7 nitrogen and oxygen atoms in total. The van der Waals surface area contributed by atoms with Gasteiger partial charge in [0.25, 0.3) is 0 Å². The zero-order valence-corrected chi connectivity index (χ0v) is 18.1. The lowest BCUT2D eigenvalue weighted by atomic mass is 9.92. The van der Waals surface area contributed by atoms with Gasteiger partial charge in [0.2, 0.25) is 5.91 Å². The number of hydrogen-bond acceptors (Lipinski definition) is 5. The molecule has 0 aliphatic carbocycles. The van der Waals surface area contributed by atoms with Crippen LogP contribution in [0, 0.1) is 5.92 Å². The predicted octanol–water partition coefficient (Wildman–Crippen LogP) is 3.00. The number of piperidine rings is 1. The minimum atomic E-state index is 0.131. The van der Waals surface area contributed by atoms with Crippen LogP contribution in [0.2, 0.25) is 5.02 Å². The number of halogens is 1. The molecule has 2 aromatic rings. The van der Waals surface area contributed by atoms with Crippen molar-refractivity contribution in [3.8, 4) is 5.69 Å². The van der Waals surface area contributed by atoms with Crippen LogP contribution in [-0.2, 0) is 22.6 Å². The molecule has 0 N–H and O–H groups in total. The maximum absolute atomic E-state index is 12.9. The SMILES string of the molecule is CN1Cc2cc(Cl)ccc2-n2c(nnc2C2CCN(C(=O)C3CCOCC3)CC2)C1. The van der Waals surface area contributed by atoms with Crippen molar-refractivity contribution in [2.75, 3.05) is 33.4 Å². The molecule has 1 amide bonds. The summed E-state index contributed by atoms with van der Waals surface area (Å²) in [5, 5.41) is 9.90. The smallest absolute Gasteiger partial charge is 0.225 e. The third kappa shape index (κ3) is 3.74. The first-order valence-electron chi connectivity index (χ1n) is 10.9. The van der Waals surface area contributed by atoms with Gasteiger partial charge in [-0.1, -0.05) is 11.6 Å². The summed E-state index contributed by atoms with van der Waals surface area (Å²) in [6.45, 7) is 4.57. The standard InChI is InChI=1S/C22H28ClN5O2/c1-26-13-17-12-18(23)2-3-19(17)28-20(14-26)24-25-21(28)15-4-8-27(9-5-15)22(29)16-6-10-30-11-7-16/h2-3,12,15-16H,4-11,13-14H2,1H3. The van der Waals surface area contributed by atoms with E-state index in [-0.39, 0.29) is 5.92 Å². The second kappa shape index (κ2) is 8.29. The van der Waals surface area contributed by atoms with E-state index in [2.05, 4.69) is 32.8 Å². The lowest BCUT2D eigenvalue weighted by molar-refractivity contribution is -0.139. The van der Waals surface area contributed by atoms with Gasteiger partial charge in [-0.25, -0.2) is 0 Å². The van der Waals surface area contributed by atoms with Crippen LogP contribution in [-0.4, -0.2) is 63.8 Å². The van der Waals surface area contributed by atoms with Crippen molar-refractivity contribution in [1.82, 2.24) is 24.6 Å². The van der Waals surface area contributed by atoms with Crippen LogP contribution in [0.15, 0.2) is 18.2 Å². The number of amides is 1. The number of carbonyl (C=O) groups is 1. The first kappa shape index (κ1) is 20.0. The van der Waals surface area contributed by atoms with E-state index in [0.717, 1.165) is 74.2 Å². The number of rotatable bonds is 2. The molecule has 0 atom stereocenters. The molecule has 30 heavy (non-hydrogen) atoms. The van der Waals surface area contributed by atoms with Gasteiger partial charge in [0.15, 0.2) is 5.82 Å². The third-order valence-corrected chi connectivity index (χ3v) is 6.87. The lowest BCUT2D eigenvalue weighted by Gasteiger charge is -2.35. The Morgan fingerprint density at radius 1 is 1.10 bits per heavy atom. The highest BCUT2D eigenvalue weighted by atomic mass is 35.5. The van der Waals surface area contributed by atoms with E-state index in [9.17, 15) is 4.79 Å². The van der Waals surface area contributed by atoms with Crippen molar-refractivity contribution in [1.29, 1.82) is 0 Å². The van der Waals surface area contributed by atoms with Crippen LogP contribution in [0.1, 0.15) is 48.8 Å². The Morgan fingerprint density at radius 2 is 1.87 bits per heavy atom. The van der Waals surface area contributed by atoms with Gasteiger partial charge in [-0.05, 0) is 56.5 Å². The number of likely N-dealkylation sites (tertiary alicyclic amines) is 1. The fourth-order valence-electron chi connectivity index (χ4n) is 5.01. The number of carbonyl (C=O) groups excluding carboxylic acids is 1. The average Bonchev–Trinajstić information content (AvgIpc) is 3.11. The summed E-state index contributed by atoms with van der Waals surface area (Å²) in [4.78, 5) is 17.2. The van der Waals surface area contributed by atoms with Crippen LogP contribution in [0.25, 0.3) is 5.69 Å². The van der Waals surface area contributed by atoms with Crippen LogP contribution in [0.3, 0.4) is 0 Å². The minimum Gasteiger partial charge on any atom is -0.381 e. The van der Waals surface area contributed by atoms with Gasteiger partial charge in [-0.2, -0.15) is 0 Å². The summed E-state index contributed by atoms with van der Waals surface area (Å²) in [5.41, 5.74) is 2.32. The van der Waals surface area contributed by atoms with Crippen LogP contribution in [0.5, 0.6) is 0 Å². The van der Waals surface area contributed by atoms with Gasteiger partial charge in [0, 0.05) is 49.7 Å². The summed E-state index contributed by atoms with van der Waals surface area (Å²) in [5.74, 6) is 2.72. The second-order valence-electron chi connectivity index (χ2n) is 8.74. The summed E-state index contributed by atoms with van der Waals surface area (Å²) < 4.78 is 7.64. The molecule has 5 rings (SSSR count). The van der Waals surface area contributed by atoms with Crippen molar-refractivity contribution >= 4 is 17.5 Å². The third-order valence-electron chi connectivity index (χ3n) is 6.63. The second-order valence-corrected chi connectivity index (χ2v) is 9.18. The minimum absolute atomic E-state index is 0.131. The Hall–Kier alpha value is -1.96. The highest BCUT2D eigenvalue weighted by Crippen LogP contribution is 2.33. The van der Waals surface area contributed by atoms with E-state index in [1.165, 1.54) is 5.56 Å². The molecule has 0 radical (unpaired) electrons. The van der Waals surface area contributed by atoms with Gasteiger partial charge in [0.05, 0.1) is 12.2 Å². The number of benzene rings is 1. The zero-order valence-electron chi connectivity index (χ0n) is 17.4. The topological polar surface area (TPSA) is 63.5 Å². The maximum Gasteiger partial charge on any atom is 0.225 e. The molecule has 4 heterocycles. The molecule has 0 saturated carbocycles. The molecule has 8 heteroatoms. The van der Waals surface area contributed by atoms with Crippen LogP contribution in [0.4, 0.5) is 0 Å². The number of ether oxygens (including phenoxy) is 1. The Balaban J connectivity index is 1.36. The van der Waals surface area contributed by atoms with E-state index < -0.39 is 0 Å². The Kier molecular flexibility index (Phi) is 5.52. The van der Waals surface area contributed by atoms with Gasteiger partial charge >= 0.3 is 0 Å². The number of aromatic nitrogens is 3. The molecule has 0 unspecified atom stereocenters. The highest BCUT2D eigenvalue weighted by Gasteiger charge is 2.33. The highest BCUT2D eigenvalue weighted by molar-refractivity contribution is 6.30. The summed E-state index contributed by atoms with van der Waals surface area (Å²) >= 11 is 6.27. The van der Waals surface area contributed by atoms with Crippen molar-refractivity contribution in [3.05, 3.63) is 40.4 Å². The fourth-order valence-corrected chi connectivity index (χ4v) is 5.20. The number of hydrogen-bond donors (Lipinski definition) is 0. The summed E-state index contributed by atoms with van der Waals surface area (Å²) in [6, 6.07) is 6.06. The van der Waals surface area contributed by atoms with E-state index in [4.69, 9.17) is 16.3 Å². The molecule has 1 aromatic carbocycles. The normalized spacial score (nSPS) is 21.2. The van der Waals surface area contributed by atoms with Crippen LogP contribution >= 0.6 is 11.6 Å². The molecule has 1 aromatic heterocycles. The van der Waals surface area contributed by atoms with Crippen LogP contribution < -0.4 is 0 Å². The maximum atomic E-state index is 12.9. The molecule has 0 spiro atoms. The summed E-state index contributed by atoms with van der Waals surface area (Å²) in [7, 11) is 2.09. The molecule has 2 saturated heterocycles. The molecule has 160 valence electrons. The van der Waals surface area contributed by atoms with Gasteiger partial charge in [-0.15, -0.1) is 10.2 Å².